The molecule has 1 atom stereocenters. The zero-order chi connectivity index (χ0) is 11.3. The molecule has 0 heterocycles. The van der Waals surface area contributed by atoms with Gasteiger partial charge in [0.2, 0.25) is 5.91 Å². The van der Waals surface area contributed by atoms with Gasteiger partial charge in [-0.15, -0.1) is 0 Å². The Morgan fingerprint density at radius 3 is 2.40 bits per heavy atom. The molecule has 82 valence electrons. The van der Waals surface area contributed by atoms with Crippen LogP contribution in [-0.4, -0.2) is 19.0 Å². The van der Waals surface area contributed by atoms with E-state index in [9.17, 15) is 4.79 Å². The predicted octanol–water partition coefficient (Wildman–Crippen LogP) is 1.80. The predicted molar refractivity (Wildman–Crippen MR) is 63.0 cm³/mol. The van der Waals surface area contributed by atoms with Crippen molar-refractivity contribution in [3.8, 4) is 0 Å². The molecule has 3 nitrogen and oxygen atoms in total. The summed E-state index contributed by atoms with van der Waals surface area (Å²) in [6.45, 7) is 3.65. The molecule has 0 aliphatic rings. The largest absolute Gasteiger partial charge is 0.326 e. The summed E-state index contributed by atoms with van der Waals surface area (Å²) in [4.78, 5) is 10.8. The Morgan fingerprint density at radius 1 is 1.33 bits per heavy atom. The first kappa shape index (κ1) is 11.7. The van der Waals surface area contributed by atoms with Crippen LogP contribution in [0.3, 0.4) is 0 Å². The van der Waals surface area contributed by atoms with Gasteiger partial charge in [0.05, 0.1) is 0 Å². The minimum atomic E-state index is -0.0358. The van der Waals surface area contributed by atoms with Gasteiger partial charge in [0.15, 0.2) is 0 Å². The summed E-state index contributed by atoms with van der Waals surface area (Å²) in [5.41, 5.74) is 2.12. The molecule has 0 radical (unpaired) electrons. The molecule has 1 amide bonds. The Kier molecular flexibility index (Phi) is 4.31. The summed E-state index contributed by atoms with van der Waals surface area (Å²) in [5.74, 6) is -0.0358. The number of amides is 1. The Labute approximate surface area is 90.9 Å². The zero-order valence-electron chi connectivity index (χ0n) is 9.50. The van der Waals surface area contributed by atoms with E-state index in [1.165, 1.54) is 12.5 Å². The van der Waals surface area contributed by atoms with Crippen LogP contribution in [0.15, 0.2) is 24.3 Å². The third-order valence-corrected chi connectivity index (χ3v) is 2.31. The third kappa shape index (κ3) is 4.13. The normalized spacial score (nSPS) is 12.2. The third-order valence-electron chi connectivity index (χ3n) is 2.31. The number of benzene rings is 1. The highest BCUT2D eigenvalue weighted by atomic mass is 16.1. The fourth-order valence-electron chi connectivity index (χ4n) is 1.38. The second kappa shape index (κ2) is 5.51. The van der Waals surface area contributed by atoms with Crippen molar-refractivity contribution in [2.75, 3.05) is 12.4 Å². The summed E-state index contributed by atoms with van der Waals surface area (Å²) < 4.78 is 0. The van der Waals surface area contributed by atoms with E-state index in [2.05, 4.69) is 17.6 Å². The van der Waals surface area contributed by atoms with Crippen LogP contribution in [0, 0.1) is 0 Å². The molecule has 0 bridgehead atoms. The van der Waals surface area contributed by atoms with E-state index in [4.69, 9.17) is 0 Å². The second-order valence-electron chi connectivity index (χ2n) is 3.77. The van der Waals surface area contributed by atoms with Crippen LogP contribution in [0.2, 0.25) is 0 Å². The average molecular weight is 206 g/mol. The molecule has 0 aliphatic carbocycles. The summed E-state index contributed by atoms with van der Waals surface area (Å²) in [6, 6.07) is 8.41. The lowest BCUT2D eigenvalue weighted by molar-refractivity contribution is -0.114. The summed E-state index contributed by atoms with van der Waals surface area (Å²) in [6.07, 6.45) is 0.997. The zero-order valence-corrected chi connectivity index (χ0v) is 9.50. The van der Waals surface area contributed by atoms with Crippen molar-refractivity contribution in [2.45, 2.75) is 26.3 Å². The topological polar surface area (TPSA) is 41.1 Å². The van der Waals surface area contributed by atoms with E-state index < -0.39 is 0 Å². The Hall–Kier alpha value is -1.35. The van der Waals surface area contributed by atoms with Crippen LogP contribution in [0.25, 0.3) is 0 Å². The fourth-order valence-corrected chi connectivity index (χ4v) is 1.38. The van der Waals surface area contributed by atoms with Gasteiger partial charge in [-0.3, -0.25) is 4.79 Å². The van der Waals surface area contributed by atoms with Crippen LogP contribution < -0.4 is 10.6 Å². The number of hydrogen-bond acceptors (Lipinski definition) is 2. The first-order valence-electron chi connectivity index (χ1n) is 5.15. The lowest BCUT2D eigenvalue weighted by Crippen LogP contribution is -2.23. The minimum Gasteiger partial charge on any atom is -0.326 e. The Balaban J connectivity index is 2.60. The minimum absolute atomic E-state index is 0.0358. The monoisotopic (exact) mass is 206 g/mol. The lowest BCUT2D eigenvalue weighted by atomic mass is 10.1. The maximum Gasteiger partial charge on any atom is 0.221 e. The molecular weight excluding hydrogens is 188 g/mol. The smallest absolute Gasteiger partial charge is 0.221 e. The van der Waals surface area contributed by atoms with Crippen molar-refractivity contribution < 1.29 is 4.79 Å². The van der Waals surface area contributed by atoms with Gasteiger partial charge in [-0.05, 0) is 38.1 Å². The number of hydrogen-bond donors (Lipinski definition) is 2. The number of carbonyl (C=O) groups excluding carboxylic acids is 1. The van der Waals surface area contributed by atoms with E-state index in [1.54, 1.807) is 0 Å². The Bertz CT molecular complexity index is 319. The number of rotatable bonds is 4. The summed E-state index contributed by atoms with van der Waals surface area (Å²) >= 11 is 0. The van der Waals surface area contributed by atoms with Gasteiger partial charge in [-0.1, -0.05) is 12.1 Å². The molecule has 0 fully saturated rings. The van der Waals surface area contributed by atoms with Gasteiger partial charge in [0.1, 0.15) is 0 Å². The molecular formula is C12H18N2O. The van der Waals surface area contributed by atoms with Crippen molar-refractivity contribution in [1.29, 1.82) is 0 Å². The number of likely N-dealkylation sites (N-methyl/N-ethyl adjacent to an activating group) is 1. The molecule has 15 heavy (non-hydrogen) atoms. The van der Waals surface area contributed by atoms with Crippen molar-refractivity contribution in [3.63, 3.8) is 0 Å². The van der Waals surface area contributed by atoms with Gasteiger partial charge in [0.25, 0.3) is 0 Å². The molecule has 0 aliphatic heterocycles. The number of carbonyl (C=O) groups is 1. The molecule has 0 spiro atoms. The highest BCUT2D eigenvalue weighted by Crippen LogP contribution is 2.10. The standard InChI is InChI=1S/C12H18N2O/c1-9(13-3)8-11-4-6-12(7-5-11)14-10(2)15/h4-7,9,13H,8H2,1-3H3,(H,14,15). The van der Waals surface area contributed by atoms with E-state index in [0.29, 0.717) is 6.04 Å². The maximum atomic E-state index is 10.8. The highest BCUT2D eigenvalue weighted by Gasteiger charge is 2.00. The van der Waals surface area contributed by atoms with Gasteiger partial charge < -0.3 is 10.6 Å². The fraction of sp³-hybridized carbons (Fsp3) is 0.417. The van der Waals surface area contributed by atoms with Gasteiger partial charge in [-0.25, -0.2) is 0 Å². The van der Waals surface area contributed by atoms with Crippen molar-refractivity contribution >= 4 is 11.6 Å². The van der Waals surface area contributed by atoms with Gasteiger partial charge >= 0.3 is 0 Å². The lowest BCUT2D eigenvalue weighted by Gasteiger charge is -2.10. The van der Waals surface area contributed by atoms with Crippen LogP contribution in [0.5, 0.6) is 0 Å². The molecule has 2 N–H and O–H groups in total. The van der Waals surface area contributed by atoms with Crippen LogP contribution >= 0.6 is 0 Å². The molecule has 0 saturated carbocycles. The van der Waals surface area contributed by atoms with Crippen LogP contribution in [0.1, 0.15) is 19.4 Å². The highest BCUT2D eigenvalue weighted by molar-refractivity contribution is 5.88. The van der Waals surface area contributed by atoms with E-state index in [-0.39, 0.29) is 5.91 Å². The van der Waals surface area contributed by atoms with Crippen molar-refractivity contribution in [1.82, 2.24) is 5.32 Å². The Morgan fingerprint density at radius 2 is 1.93 bits per heavy atom. The molecule has 0 aromatic heterocycles. The maximum absolute atomic E-state index is 10.8. The van der Waals surface area contributed by atoms with Crippen LogP contribution in [-0.2, 0) is 11.2 Å². The van der Waals surface area contributed by atoms with Crippen molar-refractivity contribution in [3.05, 3.63) is 29.8 Å². The first-order valence-corrected chi connectivity index (χ1v) is 5.15. The van der Waals surface area contributed by atoms with E-state index >= 15 is 0 Å². The van der Waals surface area contributed by atoms with Gasteiger partial charge in [0, 0.05) is 18.7 Å². The SMILES string of the molecule is CNC(C)Cc1ccc(NC(C)=O)cc1. The molecule has 1 unspecified atom stereocenters. The van der Waals surface area contributed by atoms with Gasteiger partial charge in [-0.2, -0.15) is 0 Å². The molecule has 0 saturated heterocycles. The molecule has 3 heteroatoms. The average Bonchev–Trinajstić information content (AvgIpc) is 2.20. The van der Waals surface area contributed by atoms with E-state index in [0.717, 1.165) is 12.1 Å². The second-order valence-corrected chi connectivity index (χ2v) is 3.77. The van der Waals surface area contributed by atoms with Crippen LogP contribution in [0.4, 0.5) is 5.69 Å². The number of nitrogens with one attached hydrogen (secondary N) is 2. The molecule has 1 rings (SSSR count). The van der Waals surface area contributed by atoms with Crippen molar-refractivity contribution in [2.24, 2.45) is 0 Å². The quantitative estimate of drug-likeness (QED) is 0.788. The number of anilines is 1. The summed E-state index contributed by atoms with van der Waals surface area (Å²) in [5, 5.41) is 5.94. The summed E-state index contributed by atoms with van der Waals surface area (Å²) in [7, 11) is 1.95. The van der Waals surface area contributed by atoms with E-state index in [1.807, 2.05) is 31.3 Å². The molecule has 1 aromatic carbocycles. The molecule has 1 aromatic rings. The first-order chi connectivity index (χ1) is 7.11.